The van der Waals surface area contributed by atoms with Gasteiger partial charge >= 0.3 is 6.03 Å². The molecular weight excluding hydrogens is 320 g/mol. The predicted molar refractivity (Wildman–Crippen MR) is 88.1 cm³/mol. The van der Waals surface area contributed by atoms with E-state index in [4.69, 9.17) is 4.74 Å². The summed E-state index contributed by atoms with van der Waals surface area (Å²) >= 11 is 0. The van der Waals surface area contributed by atoms with E-state index in [9.17, 15) is 18.0 Å². The average Bonchev–Trinajstić information content (AvgIpc) is 2.46. The lowest BCUT2D eigenvalue weighted by Crippen LogP contribution is -2.53. The predicted octanol–water partition coefficient (Wildman–Crippen LogP) is 0.837. The van der Waals surface area contributed by atoms with E-state index in [1.54, 1.807) is 4.90 Å². The minimum atomic E-state index is -3.40. The summed E-state index contributed by atoms with van der Waals surface area (Å²) in [7, 11) is -3.40. The number of carbonyl (C=O) groups excluding carboxylic acids is 2. The molecule has 7 nitrogen and oxygen atoms in total. The zero-order valence-electron chi connectivity index (χ0n) is 14.2. The monoisotopic (exact) mass is 348 g/mol. The normalized spacial score (nSPS) is 17.1. The van der Waals surface area contributed by atoms with Gasteiger partial charge in [-0.3, -0.25) is 4.79 Å². The van der Waals surface area contributed by atoms with E-state index in [1.807, 2.05) is 20.8 Å². The quantitative estimate of drug-likeness (QED) is 0.701. The van der Waals surface area contributed by atoms with Gasteiger partial charge < -0.3 is 15.0 Å². The van der Waals surface area contributed by atoms with Crippen molar-refractivity contribution >= 4 is 21.7 Å². The molecule has 0 saturated carbocycles. The highest BCUT2D eigenvalue weighted by molar-refractivity contribution is 7.91. The smallest absolute Gasteiger partial charge is 0.318 e. The maximum absolute atomic E-state index is 12.2. The summed E-state index contributed by atoms with van der Waals surface area (Å²) in [6.45, 7) is 7.26. The van der Waals surface area contributed by atoms with Gasteiger partial charge in [-0.15, -0.1) is 0 Å². The van der Waals surface area contributed by atoms with E-state index >= 15 is 0 Å². The average molecular weight is 348 g/mol. The van der Waals surface area contributed by atoms with Crippen molar-refractivity contribution in [2.45, 2.75) is 39.7 Å². The van der Waals surface area contributed by atoms with Gasteiger partial charge in [0.25, 0.3) is 0 Å². The second-order valence-corrected chi connectivity index (χ2v) is 8.44. The fraction of sp³-hybridized carbons (Fsp3) is 0.867. The molecule has 0 spiro atoms. The first-order valence-corrected chi connectivity index (χ1v) is 9.93. The number of urea groups is 1. The molecule has 1 heterocycles. The molecule has 0 aromatic carbocycles. The van der Waals surface area contributed by atoms with Crippen LogP contribution in [0.15, 0.2) is 0 Å². The van der Waals surface area contributed by atoms with Crippen LogP contribution in [0.5, 0.6) is 0 Å². The lowest BCUT2D eigenvalue weighted by Gasteiger charge is -2.29. The van der Waals surface area contributed by atoms with Crippen LogP contribution in [0.1, 0.15) is 33.6 Å². The maximum Gasteiger partial charge on any atom is 0.318 e. The Balaban J connectivity index is 2.75. The molecule has 1 aliphatic heterocycles. The number of ether oxygens (including phenoxy) is 1. The van der Waals surface area contributed by atoms with Gasteiger partial charge in [0.05, 0.1) is 24.7 Å². The Labute approximate surface area is 138 Å². The molecule has 0 aliphatic carbocycles. The van der Waals surface area contributed by atoms with Crippen molar-refractivity contribution in [1.29, 1.82) is 0 Å². The van der Waals surface area contributed by atoms with E-state index in [0.29, 0.717) is 32.7 Å². The lowest BCUT2D eigenvalue weighted by molar-refractivity contribution is -0.120. The Bertz CT molecular complexity index is 498. The van der Waals surface area contributed by atoms with E-state index in [-0.39, 0.29) is 29.6 Å². The molecule has 2 amide bonds. The summed E-state index contributed by atoms with van der Waals surface area (Å²) < 4.78 is 29.5. The molecule has 0 aromatic heterocycles. The molecule has 23 heavy (non-hydrogen) atoms. The number of nitrogens with one attached hydrogen (secondary N) is 1. The van der Waals surface area contributed by atoms with Crippen LogP contribution in [-0.4, -0.2) is 69.0 Å². The molecule has 1 fully saturated rings. The van der Waals surface area contributed by atoms with Gasteiger partial charge in [-0.05, 0) is 12.3 Å². The highest BCUT2D eigenvalue weighted by Crippen LogP contribution is 2.07. The number of morpholine rings is 1. The van der Waals surface area contributed by atoms with Crippen LogP contribution in [-0.2, 0) is 19.4 Å². The first kappa shape index (κ1) is 19.9. The number of Topliss-reactive ketones (excluding diaryl/α,β-unsaturated/α-hetero) is 1. The van der Waals surface area contributed by atoms with Gasteiger partial charge in [0, 0.05) is 19.5 Å². The summed E-state index contributed by atoms with van der Waals surface area (Å²) in [5, 5.41) is 2.60. The van der Waals surface area contributed by atoms with Crippen LogP contribution in [0.25, 0.3) is 0 Å². The number of amides is 2. The highest BCUT2D eigenvalue weighted by Gasteiger charge is 2.29. The van der Waals surface area contributed by atoms with Gasteiger partial charge in [0.1, 0.15) is 6.04 Å². The van der Waals surface area contributed by atoms with Crippen molar-refractivity contribution < 1.29 is 22.7 Å². The second-order valence-electron chi connectivity index (χ2n) is 6.29. The van der Waals surface area contributed by atoms with Crippen LogP contribution in [0, 0.1) is 5.92 Å². The van der Waals surface area contributed by atoms with Gasteiger partial charge in [-0.1, -0.05) is 20.8 Å². The lowest BCUT2D eigenvalue weighted by atomic mass is 10.1. The zero-order chi connectivity index (χ0) is 17.5. The van der Waals surface area contributed by atoms with Gasteiger partial charge in [-0.2, -0.15) is 0 Å². The molecule has 1 rings (SSSR count). The van der Waals surface area contributed by atoms with Gasteiger partial charge in [-0.25, -0.2) is 13.2 Å². The van der Waals surface area contributed by atoms with Crippen LogP contribution in [0.4, 0.5) is 4.79 Å². The number of hydrogen-bond acceptors (Lipinski definition) is 5. The zero-order valence-corrected chi connectivity index (χ0v) is 15.0. The van der Waals surface area contributed by atoms with Crippen molar-refractivity contribution in [2.75, 3.05) is 37.8 Å². The third-order valence-corrected chi connectivity index (χ3v) is 5.50. The van der Waals surface area contributed by atoms with Crippen molar-refractivity contribution in [3.63, 3.8) is 0 Å². The second kappa shape index (κ2) is 9.22. The Morgan fingerprint density at radius 2 is 1.78 bits per heavy atom. The summed E-state index contributed by atoms with van der Waals surface area (Å²) in [5.74, 6) is -0.575. The van der Waals surface area contributed by atoms with Crippen molar-refractivity contribution in [3.8, 4) is 0 Å². The number of ketones is 1. The Hall–Kier alpha value is -1.15. The summed E-state index contributed by atoms with van der Waals surface area (Å²) in [6, 6.07) is -1.38. The van der Waals surface area contributed by atoms with Crippen molar-refractivity contribution in [3.05, 3.63) is 0 Å². The van der Waals surface area contributed by atoms with Crippen LogP contribution in [0.3, 0.4) is 0 Å². The van der Waals surface area contributed by atoms with Gasteiger partial charge in [0.2, 0.25) is 0 Å². The number of carbonyl (C=O) groups is 2. The summed E-state index contributed by atoms with van der Waals surface area (Å²) in [5.41, 5.74) is 0. The molecule has 0 aromatic rings. The maximum atomic E-state index is 12.2. The number of nitrogens with zero attached hydrogens (tertiary/aromatic N) is 1. The van der Waals surface area contributed by atoms with Crippen molar-refractivity contribution in [2.24, 2.45) is 5.92 Å². The van der Waals surface area contributed by atoms with E-state index in [1.165, 1.54) is 0 Å². The minimum Gasteiger partial charge on any atom is -0.378 e. The Morgan fingerprint density at radius 3 is 2.30 bits per heavy atom. The number of rotatable bonds is 8. The molecule has 1 aliphatic rings. The molecular formula is C15H28N2O5S. The number of hydrogen-bond donors (Lipinski definition) is 1. The standard InChI is InChI=1S/C15H28N2O5S/c1-4-5-14(18)13(11-23(20,21)10-12(2)3)16-15(19)17-6-8-22-9-7-17/h12-13H,4-11H2,1-3H3,(H,16,19)/t13-/m0/s1. The molecule has 1 N–H and O–H groups in total. The van der Waals surface area contributed by atoms with Crippen LogP contribution < -0.4 is 5.32 Å². The van der Waals surface area contributed by atoms with Crippen LogP contribution in [0.2, 0.25) is 0 Å². The third-order valence-electron chi connectivity index (χ3n) is 3.49. The summed E-state index contributed by atoms with van der Waals surface area (Å²) in [4.78, 5) is 26.0. The van der Waals surface area contributed by atoms with E-state index in [0.717, 1.165) is 0 Å². The highest BCUT2D eigenvalue weighted by atomic mass is 32.2. The molecule has 1 saturated heterocycles. The van der Waals surface area contributed by atoms with E-state index < -0.39 is 21.9 Å². The first-order valence-electron chi connectivity index (χ1n) is 8.11. The van der Waals surface area contributed by atoms with Gasteiger partial charge in [0.15, 0.2) is 15.6 Å². The molecule has 0 bridgehead atoms. The molecule has 134 valence electrons. The largest absolute Gasteiger partial charge is 0.378 e. The SMILES string of the molecule is CCCC(=O)[C@H](CS(=O)(=O)CC(C)C)NC(=O)N1CCOCC1. The molecule has 0 radical (unpaired) electrons. The molecule has 8 heteroatoms. The first-order chi connectivity index (χ1) is 10.7. The summed E-state index contributed by atoms with van der Waals surface area (Å²) in [6.07, 6.45) is 0.873. The Morgan fingerprint density at radius 1 is 1.17 bits per heavy atom. The topological polar surface area (TPSA) is 92.8 Å². The van der Waals surface area contributed by atoms with Crippen molar-refractivity contribution in [1.82, 2.24) is 10.2 Å². The minimum absolute atomic E-state index is 0.0102. The molecule has 1 atom stereocenters. The fourth-order valence-corrected chi connectivity index (χ4v) is 4.40. The van der Waals surface area contributed by atoms with E-state index in [2.05, 4.69) is 5.32 Å². The number of sulfone groups is 1. The fourth-order valence-electron chi connectivity index (χ4n) is 2.47. The Kier molecular flexibility index (Phi) is 7.98. The molecule has 0 unspecified atom stereocenters. The third kappa shape index (κ3) is 7.30. The van der Waals surface area contributed by atoms with Crippen LogP contribution >= 0.6 is 0 Å².